The number of aromatic nitrogens is 2. The Kier molecular flexibility index (Phi) is 4.42. The van der Waals surface area contributed by atoms with Crippen LogP contribution >= 0.6 is 27.3 Å². The summed E-state index contributed by atoms with van der Waals surface area (Å²) in [6.07, 6.45) is 1.86. The van der Waals surface area contributed by atoms with Crippen molar-refractivity contribution in [3.05, 3.63) is 50.9 Å². The van der Waals surface area contributed by atoms with Gasteiger partial charge in [-0.3, -0.25) is 0 Å². The minimum atomic E-state index is -0.00582. The minimum absolute atomic E-state index is 0.00582. The second kappa shape index (κ2) is 6.30. The van der Waals surface area contributed by atoms with E-state index in [2.05, 4.69) is 57.8 Å². The Labute approximate surface area is 136 Å². The van der Waals surface area contributed by atoms with Gasteiger partial charge < -0.3 is 10.3 Å². The number of thiophene rings is 1. The molecule has 0 aliphatic heterocycles. The van der Waals surface area contributed by atoms with Gasteiger partial charge in [-0.25, -0.2) is 4.98 Å². The van der Waals surface area contributed by atoms with Crippen LogP contribution in [0.4, 0.5) is 0 Å². The van der Waals surface area contributed by atoms with Crippen molar-refractivity contribution >= 4 is 38.3 Å². The molecule has 3 nitrogen and oxygen atoms in total. The van der Waals surface area contributed by atoms with Gasteiger partial charge in [-0.05, 0) is 46.6 Å². The maximum Gasteiger partial charge on any atom is 0.111 e. The first-order valence-corrected chi connectivity index (χ1v) is 8.75. The highest BCUT2D eigenvalue weighted by Gasteiger charge is 2.15. The summed E-state index contributed by atoms with van der Waals surface area (Å²) in [5, 5.41) is 0. The zero-order valence-electron chi connectivity index (χ0n) is 11.9. The molecule has 2 aromatic heterocycles. The molecule has 0 amide bonds. The Hall–Kier alpha value is -1.17. The highest BCUT2D eigenvalue weighted by Crippen LogP contribution is 2.28. The first kappa shape index (κ1) is 14.8. The first-order valence-electron chi connectivity index (χ1n) is 7.14. The Morgan fingerprint density at radius 3 is 2.81 bits per heavy atom. The molecular weight excluding hydrogens is 346 g/mol. The van der Waals surface area contributed by atoms with Crippen molar-refractivity contribution in [3.8, 4) is 0 Å². The number of imidazole rings is 1. The van der Waals surface area contributed by atoms with Gasteiger partial charge >= 0.3 is 0 Å². The van der Waals surface area contributed by atoms with E-state index in [4.69, 9.17) is 10.7 Å². The lowest BCUT2D eigenvalue weighted by atomic mass is 10.2. The van der Waals surface area contributed by atoms with Crippen molar-refractivity contribution in [1.29, 1.82) is 0 Å². The number of aryl methyl sites for hydroxylation is 1. The van der Waals surface area contributed by atoms with E-state index in [0.29, 0.717) is 0 Å². The van der Waals surface area contributed by atoms with E-state index in [9.17, 15) is 0 Å². The molecule has 1 atom stereocenters. The lowest BCUT2D eigenvalue weighted by molar-refractivity contribution is 0.614. The van der Waals surface area contributed by atoms with E-state index in [1.54, 1.807) is 11.3 Å². The Balaban J connectivity index is 1.94. The van der Waals surface area contributed by atoms with Crippen LogP contribution in [0.3, 0.4) is 0 Å². The molecule has 0 aliphatic carbocycles. The Morgan fingerprint density at radius 1 is 1.29 bits per heavy atom. The van der Waals surface area contributed by atoms with E-state index < -0.39 is 0 Å². The van der Waals surface area contributed by atoms with Gasteiger partial charge in [0, 0.05) is 23.9 Å². The molecule has 2 heterocycles. The standard InChI is InChI=1S/C16H18BrN3S/c1-2-9-20-13-6-4-3-5-12(13)19-16(20)10-11(18)14-7-8-15(17)21-14/h3-8,11H,2,9-10,18H2,1H3. The number of para-hydroxylation sites is 2. The van der Waals surface area contributed by atoms with Gasteiger partial charge in [0.15, 0.2) is 0 Å². The van der Waals surface area contributed by atoms with Crippen molar-refractivity contribution in [2.24, 2.45) is 5.73 Å². The molecule has 0 fully saturated rings. The third kappa shape index (κ3) is 3.05. The number of nitrogens with zero attached hydrogens (tertiary/aromatic N) is 2. The van der Waals surface area contributed by atoms with Crippen LogP contribution in [0.15, 0.2) is 40.2 Å². The maximum atomic E-state index is 6.36. The average molecular weight is 364 g/mol. The van der Waals surface area contributed by atoms with Crippen LogP contribution in [0.5, 0.6) is 0 Å². The normalized spacial score (nSPS) is 12.9. The lowest BCUT2D eigenvalue weighted by Gasteiger charge is -2.12. The molecule has 0 saturated carbocycles. The summed E-state index contributed by atoms with van der Waals surface area (Å²) in [5.74, 6) is 1.08. The van der Waals surface area contributed by atoms with E-state index in [-0.39, 0.29) is 6.04 Å². The van der Waals surface area contributed by atoms with E-state index >= 15 is 0 Å². The predicted molar refractivity (Wildman–Crippen MR) is 92.7 cm³/mol. The van der Waals surface area contributed by atoms with Gasteiger partial charge in [0.05, 0.1) is 14.8 Å². The number of rotatable bonds is 5. The maximum absolute atomic E-state index is 6.36. The summed E-state index contributed by atoms with van der Waals surface area (Å²) < 4.78 is 3.42. The van der Waals surface area contributed by atoms with Gasteiger partial charge in [-0.15, -0.1) is 11.3 Å². The van der Waals surface area contributed by atoms with Crippen LogP contribution in [-0.2, 0) is 13.0 Å². The summed E-state index contributed by atoms with van der Waals surface area (Å²) in [6, 6.07) is 12.4. The van der Waals surface area contributed by atoms with Crippen LogP contribution in [0.1, 0.15) is 30.1 Å². The Morgan fingerprint density at radius 2 is 2.10 bits per heavy atom. The van der Waals surface area contributed by atoms with Gasteiger partial charge in [0.25, 0.3) is 0 Å². The highest BCUT2D eigenvalue weighted by atomic mass is 79.9. The molecule has 0 aliphatic rings. The quantitative estimate of drug-likeness (QED) is 0.724. The predicted octanol–water partition coefficient (Wildman–Crippen LogP) is 4.51. The van der Waals surface area contributed by atoms with Crippen molar-refractivity contribution in [3.63, 3.8) is 0 Å². The number of fused-ring (bicyclic) bond motifs is 1. The fourth-order valence-corrected chi connectivity index (χ4v) is 4.00. The lowest BCUT2D eigenvalue weighted by Crippen LogP contribution is -2.15. The topological polar surface area (TPSA) is 43.8 Å². The summed E-state index contributed by atoms with van der Waals surface area (Å²) in [6.45, 7) is 3.17. The van der Waals surface area contributed by atoms with Crippen molar-refractivity contribution in [2.75, 3.05) is 0 Å². The van der Waals surface area contributed by atoms with Crippen molar-refractivity contribution in [2.45, 2.75) is 32.4 Å². The number of hydrogen-bond acceptors (Lipinski definition) is 3. The summed E-state index contributed by atoms with van der Waals surface area (Å²) in [5.41, 5.74) is 8.62. The van der Waals surface area contributed by atoms with Crippen LogP contribution in [-0.4, -0.2) is 9.55 Å². The molecule has 3 aromatic rings. The number of hydrogen-bond donors (Lipinski definition) is 1. The third-order valence-corrected chi connectivity index (χ3v) is 5.30. The molecule has 110 valence electrons. The second-order valence-electron chi connectivity index (χ2n) is 5.12. The molecule has 0 bridgehead atoms. The number of nitrogens with two attached hydrogens (primary N) is 1. The van der Waals surface area contributed by atoms with Gasteiger partial charge in [0.1, 0.15) is 5.82 Å². The molecule has 0 spiro atoms. The van der Waals surface area contributed by atoms with Crippen LogP contribution in [0.2, 0.25) is 0 Å². The SMILES string of the molecule is CCCn1c(CC(N)c2ccc(Br)s2)nc2ccccc21. The van der Waals surface area contributed by atoms with Crippen LogP contribution < -0.4 is 5.73 Å². The molecule has 5 heteroatoms. The largest absolute Gasteiger partial charge is 0.328 e. The first-order chi connectivity index (χ1) is 10.2. The fraction of sp³-hybridized carbons (Fsp3) is 0.312. The smallest absolute Gasteiger partial charge is 0.111 e. The van der Waals surface area contributed by atoms with Gasteiger partial charge in [-0.2, -0.15) is 0 Å². The minimum Gasteiger partial charge on any atom is -0.328 e. The zero-order valence-corrected chi connectivity index (χ0v) is 14.3. The van der Waals surface area contributed by atoms with Crippen molar-refractivity contribution in [1.82, 2.24) is 9.55 Å². The third-order valence-electron chi connectivity index (χ3n) is 3.54. The van der Waals surface area contributed by atoms with Crippen LogP contribution in [0.25, 0.3) is 11.0 Å². The monoisotopic (exact) mass is 363 g/mol. The zero-order chi connectivity index (χ0) is 14.8. The highest BCUT2D eigenvalue weighted by molar-refractivity contribution is 9.11. The van der Waals surface area contributed by atoms with E-state index in [0.717, 1.165) is 34.5 Å². The average Bonchev–Trinajstić information content (AvgIpc) is 3.04. The molecule has 0 saturated heterocycles. The summed E-state index contributed by atoms with van der Waals surface area (Å²) >= 11 is 5.19. The summed E-state index contributed by atoms with van der Waals surface area (Å²) in [7, 11) is 0. The van der Waals surface area contributed by atoms with Crippen LogP contribution in [0, 0.1) is 0 Å². The second-order valence-corrected chi connectivity index (χ2v) is 7.62. The Bertz CT molecular complexity index is 747. The van der Waals surface area contributed by atoms with E-state index in [1.165, 1.54) is 10.4 Å². The van der Waals surface area contributed by atoms with Gasteiger partial charge in [0.2, 0.25) is 0 Å². The molecule has 1 unspecified atom stereocenters. The van der Waals surface area contributed by atoms with Crippen molar-refractivity contribution < 1.29 is 0 Å². The molecule has 2 N–H and O–H groups in total. The number of halogens is 1. The van der Waals surface area contributed by atoms with E-state index in [1.807, 2.05) is 6.07 Å². The molecule has 3 rings (SSSR count). The molecular formula is C16H18BrN3S. The molecule has 0 radical (unpaired) electrons. The summed E-state index contributed by atoms with van der Waals surface area (Å²) in [4.78, 5) is 5.97. The molecule has 1 aromatic carbocycles. The number of benzene rings is 1. The van der Waals surface area contributed by atoms with Gasteiger partial charge in [-0.1, -0.05) is 19.1 Å². The fourth-order valence-electron chi connectivity index (χ4n) is 2.58. The molecule has 21 heavy (non-hydrogen) atoms.